The minimum absolute atomic E-state index is 0.0755. The van der Waals surface area contributed by atoms with E-state index >= 15 is 0 Å². The summed E-state index contributed by atoms with van der Waals surface area (Å²) in [5.74, 6) is 0.808. The smallest absolute Gasteiger partial charge is 0.408 e. The molecule has 1 heterocycles. The molecule has 0 aromatic heterocycles. The number of carbonyl (C=O) groups excluding carboxylic acids is 1. The van der Waals surface area contributed by atoms with E-state index in [9.17, 15) is 4.79 Å². The van der Waals surface area contributed by atoms with E-state index in [4.69, 9.17) is 9.73 Å². The Labute approximate surface area is 144 Å². The van der Waals surface area contributed by atoms with E-state index in [1.807, 2.05) is 39.0 Å². The SMILES string of the molecule is CC(C)(C)OC(=O)N[C@@H](C1=NC(c2ccccc2)CN1)C(C)(C)C. The van der Waals surface area contributed by atoms with Crippen molar-refractivity contribution in [2.45, 2.75) is 59.2 Å². The summed E-state index contributed by atoms with van der Waals surface area (Å²) >= 11 is 0. The first-order valence-electron chi connectivity index (χ1n) is 8.42. The van der Waals surface area contributed by atoms with Crippen LogP contribution in [0.3, 0.4) is 0 Å². The molecule has 0 spiro atoms. The molecule has 1 aliphatic rings. The number of alkyl carbamates (subject to hydrolysis) is 1. The molecule has 2 N–H and O–H groups in total. The summed E-state index contributed by atoms with van der Waals surface area (Å²) in [6.45, 7) is 12.5. The molecule has 1 aliphatic heterocycles. The van der Waals surface area contributed by atoms with E-state index in [0.717, 1.165) is 12.4 Å². The second kappa shape index (κ2) is 6.83. The largest absolute Gasteiger partial charge is 0.444 e. The molecule has 2 atom stereocenters. The number of aliphatic imine (C=N–C) groups is 1. The van der Waals surface area contributed by atoms with Gasteiger partial charge in [-0.15, -0.1) is 0 Å². The second-order valence-electron chi connectivity index (χ2n) is 8.27. The lowest BCUT2D eigenvalue weighted by molar-refractivity contribution is 0.0490. The average Bonchev–Trinajstić information content (AvgIpc) is 2.92. The Morgan fingerprint density at radius 2 is 1.83 bits per heavy atom. The fraction of sp³-hybridized carbons (Fsp3) is 0.579. The van der Waals surface area contributed by atoms with Crippen LogP contribution in [0.5, 0.6) is 0 Å². The van der Waals surface area contributed by atoms with Gasteiger partial charge in [-0.05, 0) is 31.7 Å². The summed E-state index contributed by atoms with van der Waals surface area (Å²) in [5.41, 5.74) is 0.461. The van der Waals surface area contributed by atoms with Crippen LogP contribution in [0.25, 0.3) is 0 Å². The summed E-state index contributed by atoms with van der Waals surface area (Å²) in [6.07, 6.45) is -0.421. The molecule has 5 nitrogen and oxygen atoms in total. The summed E-state index contributed by atoms with van der Waals surface area (Å²) in [4.78, 5) is 17.0. The van der Waals surface area contributed by atoms with Gasteiger partial charge in [-0.2, -0.15) is 0 Å². The van der Waals surface area contributed by atoms with Gasteiger partial charge >= 0.3 is 6.09 Å². The summed E-state index contributed by atoms with van der Waals surface area (Å²) in [7, 11) is 0. The van der Waals surface area contributed by atoms with Crippen LogP contribution in [0.1, 0.15) is 53.1 Å². The van der Waals surface area contributed by atoms with E-state index in [2.05, 4.69) is 43.5 Å². The molecule has 5 heteroatoms. The van der Waals surface area contributed by atoms with Crippen molar-refractivity contribution in [3.8, 4) is 0 Å². The van der Waals surface area contributed by atoms with Crippen molar-refractivity contribution in [1.82, 2.24) is 10.6 Å². The van der Waals surface area contributed by atoms with Crippen LogP contribution in [-0.4, -0.2) is 30.1 Å². The Morgan fingerprint density at radius 1 is 1.21 bits per heavy atom. The van der Waals surface area contributed by atoms with Crippen molar-refractivity contribution in [3.05, 3.63) is 35.9 Å². The molecule has 0 bridgehead atoms. The van der Waals surface area contributed by atoms with Gasteiger partial charge in [-0.3, -0.25) is 4.99 Å². The highest BCUT2D eigenvalue weighted by Crippen LogP contribution is 2.26. The van der Waals surface area contributed by atoms with Gasteiger partial charge < -0.3 is 15.4 Å². The third kappa shape index (κ3) is 4.98. The van der Waals surface area contributed by atoms with E-state index < -0.39 is 11.7 Å². The van der Waals surface area contributed by atoms with Crippen LogP contribution in [0.2, 0.25) is 0 Å². The van der Waals surface area contributed by atoms with Crippen molar-refractivity contribution >= 4 is 11.9 Å². The van der Waals surface area contributed by atoms with Crippen molar-refractivity contribution in [2.24, 2.45) is 10.4 Å². The Hall–Kier alpha value is -2.04. The lowest BCUT2D eigenvalue weighted by Crippen LogP contribution is -2.53. The predicted octanol–water partition coefficient (Wildman–Crippen LogP) is 3.67. The van der Waals surface area contributed by atoms with E-state index in [1.165, 1.54) is 5.56 Å². The standard InChI is InChI=1S/C19H29N3O2/c1-18(2,3)15(22-17(23)24-19(4,5)6)16-20-12-14(21-16)13-10-8-7-9-11-13/h7-11,14-15H,12H2,1-6H3,(H,20,21)(H,22,23)/t14?,15-/m0/s1. The fourth-order valence-electron chi connectivity index (χ4n) is 2.63. The molecule has 1 aromatic rings. The fourth-order valence-corrected chi connectivity index (χ4v) is 2.63. The van der Waals surface area contributed by atoms with Gasteiger partial charge in [0.1, 0.15) is 11.4 Å². The number of hydrogen-bond acceptors (Lipinski definition) is 4. The first kappa shape index (κ1) is 18.3. The first-order valence-corrected chi connectivity index (χ1v) is 8.42. The zero-order valence-corrected chi connectivity index (χ0v) is 15.5. The molecule has 0 aliphatic carbocycles. The Balaban J connectivity index is 2.16. The summed E-state index contributed by atoms with van der Waals surface area (Å²) in [6, 6.07) is 10.0. The van der Waals surface area contributed by atoms with E-state index in [-0.39, 0.29) is 17.5 Å². The number of carbonyl (C=O) groups is 1. The molecule has 0 radical (unpaired) electrons. The third-order valence-electron chi connectivity index (χ3n) is 3.76. The first-order chi connectivity index (χ1) is 11.1. The molecular formula is C19H29N3O2. The van der Waals surface area contributed by atoms with Crippen LogP contribution >= 0.6 is 0 Å². The number of benzene rings is 1. The molecule has 1 unspecified atom stereocenters. The average molecular weight is 331 g/mol. The molecule has 1 amide bonds. The molecule has 1 aromatic carbocycles. The normalized spacial score (nSPS) is 19.2. The predicted molar refractivity (Wildman–Crippen MR) is 97.2 cm³/mol. The Kier molecular flexibility index (Phi) is 5.21. The van der Waals surface area contributed by atoms with Gasteiger partial charge in [-0.25, -0.2) is 4.79 Å². The number of amidine groups is 1. The second-order valence-corrected chi connectivity index (χ2v) is 8.27. The molecule has 0 fully saturated rings. The van der Waals surface area contributed by atoms with Gasteiger partial charge in [0, 0.05) is 6.54 Å². The lowest BCUT2D eigenvalue weighted by Gasteiger charge is -2.32. The third-order valence-corrected chi connectivity index (χ3v) is 3.76. The van der Waals surface area contributed by atoms with E-state index in [0.29, 0.717) is 0 Å². The van der Waals surface area contributed by atoms with Crippen LogP contribution in [-0.2, 0) is 4.74 Å². The number of amides is 1. The topological polar surface area (TPSA) is 62.7 Å². The molecular weight excluding hydrogens is 302 g/mol. The highest BCUT2D eigenvalue weighted by molar-refractivity contribution is 5.92. The highest BCUT2D eigenvalue weighted by atomic mass is 16.6. The van der Waals surface area contributed by atoms with Gasteiger partial charge in [-0.1, -0.05) is 51.1 Å². The summed E-state index contributed by atoms with van der Waals surface area (Å²) < 4.78 is 5.40. The molecule has 0 saturated carbocycles. The van der Waals surface area contributed by atoms with Crippen LogP contribution in [0, 0.1) is 5.41 Å². The lowest BCUT2D eigenvalue weighted by atomic mass is 9.86. The molecule has 132 valence electrons. The van der Waals surface area contributed by atoms with Crippen molar-refractivity contribution < 1.29 is 9.53 Å². The monoisotopic (exact) mass is 331 g/mol. The van der Waals surface area contributed by atoms with Gasteiger partial charge in [0.15, 0.2) is 0 Å². The number of hydrogen-bond donors (Lipinski definition) is 2. The zero-order valence-electron chi connectivity index (χ0n) is 15.5. The highest BCUT2D eigenvalue weighted by Gasteiger charge is 2.35. The van der Waals surface area contributed by atoms with Crippen molar-refractivity contribution in [3.63, 3.8) is 0 Å². The Bertz CT molecular complexity index is 597. The number of nitrogens with one attached hydrogen (secondary N) is 2. The van der Waals surface area contributed by atoms with Crippen LogP contribution in [0.4, 0.5) is 4.79 Å². The molecule has 24 heavy (non-hydrogen) atoms. The van der Waals surface area contributed by atoms with E-state index in [1.54, 1.807) is 0 Å². The molecule has 2 rings (SSSR count). The zero-order chi connectivity index (χ0) is 18.0. The maximum absolute atomic E-state index is 12.2. The van der Waals surface area contributed by atoms with Gasteiger partial charge in [0.25, 0.3) is 0 Å². The number of rotatable bonds is 3. The number of ether oxygens (including phenoxy) is 1. The van der Waals surface area contributed by atoms with Crippen LogP contribution < -0.4 is 10.6 Å². The summed E-state index contributed by atoms with van der Waals surface area (Å²) in [5, 5.41) is 6.33. The quantitative estimate of drug-likeness (QED) is 0.888. The van der Waals surface area contributed by atoms with Crippen LogP contribution in [0.15, 0.2) is 35.3 Å². The van der Waals surface area contributed by atoms with Gasteiger partial charge in [0.2, 0.25) is 0 Å². The maximum Gasteiger partial charge on any atom is 0.408 e. The minimum Gasteiger partial charge on any atom is -0.444 e. The molecule has 0 saturated heterocycles. The maximum atomic E-state index is 12.2. The van der Waals surface area contributed by atoms with Crippen molar-refractivity contribution in [2.75, 3.05) is 6.54 Å². The van der Waals surface area contributed by atoms with Gasteiger partial charge in [0.05, 0.1) is 12.1 Å². The Morgan fingerprint density at radius 3 is 2.38 bits per heavy atom. The minimum atomic E-state index is -0.524. The van der Waals surface area contributed by atoms with Crippen molar-refractivity contribution in [1.29, 1.82) is 0 Å². The number of nitrogens with zero attached hydrogens (tertiary/aromatic N) is 1.